The fraction of sp³-hybridized carbons (Fsp3) is 0.478. The minimum atomic E-state index is 0.0591. The third-order valence-corrected chi connectivity index (χ3v) is 6.20. The third kappa shape index (κ3) is 5.34. The van der Waals surface area contributed by atoms with Crippen LogP contribution < -0.4 is 4.90 Å². The van der Waals surface area contributed by atoms with Crippen LogP contribution >= 0.6 is 11.6 Å². The van der Waals surface area contributed by atoms with Crippen molar-refractivity contribution in [2.75, 3.05) is 24.5 Å². The lowest BCUT2D eigenvalue weighted by Crippen LogP contribution is -2.43. The standard InChI is InChI=1S/C23H29ClN6O/c1-2-3-4-13-29(16-18-5-7-20(24)8-6-18)23(31)19-11-14-28(15-12-19)22-10-9-21-26-25-17-30(21)27-22/h5-10,17,19H,2-4,11-16H2,1H3. The van der Waals surface area contributed by atoms with Gasteiger partial charge >= 0.3 is 0 Å². The van der Waals surface area contributed by atoms with E-state index in [9.17, 15) is 4.79 Å². The molecule has 0 spiro atoms. The maximum atomic E-state index is 13.4. The number of benzene rings is 1. The number of hydrogen-bond donors (Lipinski definition) is 0. The highest BCUT2D eigenvalue weighted by Gasteiger charge is 2.29. The summed E-state index contributed by atoms with van der Waals surface area (Å²) in [6.45, 7) is 5.28. The van der Waals surface area contributed by atoms with Gasteiger partial charge in [0.15, 0.2) is 5.65 Å². The normalized spacial score (nSPS) is 14.8. The van der Waals surface area contributed by atoms with Crippen LogP contribution in [0.25, 0.3) is 5.65 Å². The molecule has 1 aromatic carbocycles. The molecule has 31 heavy (non-hydrogen) atoms. The van der Waals surface area contributed by atoms with Gasteiger partial charge in [0.25, 0.3) is 0 Å². The monoisotopic (exact) mass is 440 g/mol. The number of halogens is 1. The van der Waals surface area contributed by atoms with Gasteiger partial charge in [0.2, 0.25) is 5.91 Å². The molecule has 164 valence electrons. The van der Waals surface area contributed by atoms with E-state index in [4.69, 9.17) is 11.6 Å². The van der Waals surface area contributed by atoms with Crippen LogP contribution in [0.5, 0.6) is 0 Å². The predicted molar refractivity (Wildman–Crippen MR) is 122 cm³/mol. The van der Waals surface area contributed by atoms with E-state index in [2.05, 4.69) is 27.1 Å². The Kier molecular flexibility index (Phi) is 7.02. The Hall–Kier alpha value is -2.67. The molecule has 3 heterocycles. The molecule has 1 saturated heterocycles. The van der Waals surface area contributed by atoms with Crippen LogP contribution in [0.1, 0.15) is 44.6 Å². The molecular weight excluding hydrogens is 412 g/mol. The minimum absolute atomic E-state index is 0.0591. The SMILES string of the molecule is CCCCCN(Cc1ccc(Cl)cc1)C(=O)C1CCN(c2ccc3nncn3n2)CC1. The average molecular weight is 441 g/mol. The van der Waals surface area contributed by atoms with E-state index in [1.807, 2.05) is 41.3 Å². The maximum absolute atomic E-state index is 13.4. The number of amides is 1. The molecule has 0 bridgehead atoms. The molecule has 0 saturated carbocycles. The highest BCUT2D eigenvalue weighted by Crippen LogP contribution is 2.25. The molecule has 2 aromatic heterocycles. The summed E-state index contributed by atoms with van der Waals surface area (Å²) in [6.07, 6.45) is 6.61. The minimum Gasteiger partial charge on any atom is -0.355 e. The molecule has 0 N–H and O–H groups in total. The molecular formula is C23H29ClN6O. The van der Waals surface area contributed by atoms with Crippen LogP contribution in [0.3, 0.4) is 0 Å². The fourth-order valence-corrected chi connectivity index (χ4v) is 4.26. The van der Waals surface area contributed by atoms with E-state index in [1.165, 1.54) is 0 Å². The summed E-state index contributed by atoms with van der Waals surface area (Å²) in [5.74, 6) is 1.23. The Morgan fingerprint density at radius 3 is 2.65 bits per heavy atom. The summed E-state index contributed by atoms with van der Waals surface area (Å²) < 4.78 is 1.69. The Balaban J connectivity index is 1.39. The van der Waals surface area contributed by atoms with Crippen molar-refractivity contribution in [1.29, 1.82) is 0 Å². The largest absolute Gasteiger partial charge is 0.355 e. The van der Waals surface area contributed by atoms with Gasteiger partial charge in [-0.3, -0.25) is 4.79 Å². The number of rotatable bonds is 8. The first kappa shape index (κ1) is 21.6. The second-order valence-corrected chi connectivity index (χ2v) is 8.62. The number of fused-ring (bicyclic) bond motifs is 1. The topological polar surface area (TPSA) is 66.6 Å². The van der Waals surface area contributed by atoms with Crippen molar-refractivity contribution in [1.82, 2.24) is 24.7 Å². The third-order valence-electron chi connectivity index (χ3n) is 5.95. The van der Waals surface area contributed by atoms with Gasteiger partial charge in [-0.1, -0.05) is 43.5 Å². The predicted octanol–water partition coefficient (Wildman–Crippen LogP) is 4.21. The lowest BCUT2D eigenvalue weighted by Gasteiger charge is -2.35. The van der Waals surface area contributed by atoms with Gasteiger partial charge in [0.1, 0.15) is 12.1 Å². The van der Waals surface area contributed by atoms with Crippen molar-refractivity contribution in [3.8, 4) is 0 Å². The summed E-state index contributed by atoms with van der Waals surface area (Å²) in [5.41, 5.74) is 1.86. The van der Waals surface area contributed by atoms with Crippen molar-refractivity contribution in [3.05, 3.63) is 53.3 Å². The first-order valence-corrected chi connectivity index (χ1v) is 11.5. The summed E-state index contributed by atoms with van der Waals surface area (Å²) in [5, 5.41) is 13.2. The second-order valence-electron chi connectivity index (χ2n) is 8.18. The molecule has 4 rings (SSSR count). The van der Waals surface area contributed by atoms with Gasteiger partial charge in [-0.15, -0.1) is 15.3 Å². The molecule has 0 radical (unpaired) electrons. The zero-order valence-corrected chi connectivity index (χ0v) is 18.7. The van der Waals surface area contributed by atoms with E-state index in [0.717, 1.165) is 73.8 Å². The quantitative estimate of drug-likeness (QED) is 0.491. The number of nitrogens with zero attached hydrogens (tertiary/aromatic N) is 6. The Morgan fingerprint density at radius 1 is 1.13 bits per heavy atom. The lowest BCUT2D eigenvalue weighted by atomic mass is 9.94. The molecule has 1 fully saturated rings. The lowest BCUT2D eigenvalue weighted by molar-refractivity contribution is -0.137. The van der Waals surface area contributed by atoms with Crippen molar-refractivity contribution in [2.45, 2.75) is 45.6 Å². The molecule has 0 atom stereocenters. The molecule has 0 aliphatic carbocycles. The van der Waals surface area contributed by atoms with Gasteiger partial charge in [-0.25, -0.2) is 0 Å². The van der Waals surface area contributed by atoms with E-state index < -0.39 is 0 Å². The van der Waals surface area contributed by atoms with Gasteiger partial charge < -0.3 is 9.80 Å². The number of anilines is 1. The first-order chi connectivity index (χ1) is 15.1. The molecule has 8 heteroatoms. The Bertz CT molecular complexity index is 997. The van der Waals surface area contributed by atoms with E-state index in [1.54, 1.807) is 10.8 Å². The number of carbonyl (C=O) groups excluding carboxylic acids is 1. The number of aromatic nitrogens is 4. The molecule has 7 nitrogen and oxygen atoms in total. The van der Waals surface area contributed by atoms with Crippen LogP contribution in [-0.2, 0) is 11.3 Å². The summed E-state index contributed by atoms with van der Waals surface area (Å²) in [7, 11) is 0. The van der Waals surface area contributed by atoms with Crippen molar-refractivity contribution in [3.63, 3.8) is 0 Å². The van der Waals surface area contributed by atoms with Crippen LogP contribution in [0.2, 0.25) is 5.02 Å². The number of hydrogen-bond acceptors (Lipinski definition) is 5. The van der Waals surface area contributed by atoms with Crippen molar-refractivity contribution in [2.24, 2.45) is 5.92 Å². The highest BCUT2D eigenvalue weighted by atomic mass is 35.5. The number of carbonyl (C=O) groups is 1. The van der Waals surface area contributed by atoms with Crippen LogP contribution in [0.4, 0.5) is 5.82 Å². The maximum Gasteiger partial charge on any atom is 0.226 e. The Labute approximate surface area is 188 Å². The van der Waals surface area contributed by atoms with E-state index in [0.29, 0.717) is 6.54 Å². The molecule has 1 aliphatic rings. The highest BCUT2D eigenvalue weighted by molar-refractivity contribution is 6.30. The summed E-state index contributed by atoms with van der Waals surface area (Å²) in [4.78, 5) is 17.7. The van der Waals surface area contributed by atoms with Crippen molar-refractivity contribution >= 4 is 29.0 Å². The smallest absolute Gasteiger partial charge is 0.226 e. The Morgan fingerprint density at radius 2 is 1.90 bits per heavy atom. The zero-order chi connectivity index (χ0) is 21.6. The van der Waals surface area contributed by atoms with Gasteiger partial charge in [0, 0.05) is 37.1 Å². The van der Waals surface area contributed by atoms with Gasteiger partial charge in [-0.05, 0) is 49.1 Å². The number of unbranched alkanes of at least 4 members (excludes halogenated alkanes) is 2. The van der Waals surface area contributed by atoms with E-state index in [-0.39, 0.29) is 11.8 Å². The molecule has 3 aromatic rings. The van der Waals surface area contributed by atoms with Crippen LogP contribution in [0.15, 0.2) is 42.7 Å². The number of piperidine rings is 1. The van der Waals surface area contributed by atoms with Crippen LogP contribution in [0, 0.1) is 5.92 Å². The molecule has 1 aliphatic heterocycles. The van der Waals surface area contributed by atoms with E-state index >= 15 is 0 Å². The summed E-state index contributed by atoms with van der Waals surface area (Å²) >= 11 is 6.03. The molecule has 0 unspecified atom stereocenters. The van der Waals surface area contributed by atoms with Gasteiger partial charge in [0.05, 0.1) is 0 Å². The fourth-order valence-electron chi connectivity index (χ4n) is 4.13. The average Bonchev–Trinajstić information content (AvgIpc) is 3.27. The van der Waals surface area contributed by atoms with Gasteiger partial charge in [-0.2, -0.15) is 4.52 Å². The van der Waals surface area contributed by atoms with Crippen molar-refractivity contribution < 1.29 is 4.79 Å². The first-order valence-electron chi connectivity index (χ1n) is 11.1. The van der Waals surface area contributed by atoms with Crippen LogP contribution in [-0.4, -0.2) is 50.3 Å². The second kappa shape index (κ2) is 10.1. The molecule has 1 amide bonds. The summed E-state index contributed by atoms with van der Waals surface area (Å²) in [6, 6.07) is 11.7. The zero-order valence-electron chi connectivity index (χ0n) is 18.0.